The molecule has 0 aromatic heterocycles. The minimum Gasteiger partial charge on any atom is -0.450 e. The fourth-order valence-corrected chi connectivity index (χ4v) is 1.89. The Kier molecular flexibility index (Phi) is 7.99. The number of carbonyl (C=O) groups is 2. The van der Waals surface area contributed by atoms with E-state index in [1.165, 1.54) is 0 Å². The molecule has 22 heavy (non-hydrogen) atoms. The van der Waals surface area contributed by atoms with Crippen molar-refractivity contribution in [1.82, 2.24) is 10.2 Å². The molecule has 0 spiro atoms. The summed E-state index contributed by atoms with van der Waals surface area (Å²) in [7, 11) is 3.94. The third-order valence-electron chi connectivity index (χ3n) is 3.02. The number of carbonyl (C=O) groups excluding carboxylic acids is 2. The van der Waals surface area contributed by atoms with Gasteiger partial charge in [-0.3, -0.25) is 4.79 Å². The molecule has 1 rings (SSSR count). The molecule has 0 aliphatic rings. The summed E-state index contributed by atoms with van der Waals surface area (Å²) in [6.45, 7) is 3.70. The molecule has 0 aliphatic carbocycles. The van der Waals surface area contributed by atoms with Gasteiger partial charge in [0.1, 0.15) is 0 Å². The molecule has 2 amide bonds. The van der Waals surface area contributed by atoms with E-state index in [1.807, 2.05) is 49.3 Å². The first-order chi connectivity index (χ1) is 10.5. The van der Waals surface area contributed by atoms with Crippen molar-refractivity contribution in [3.63, 3.8) is 0 Å². The predicted octanol–water partition coefficient (Wildman–Crippen LogP) is 1.72. The first-order valence-electron chi connectivity index (χ1n) is 7.45. The van der Waals surface area contributed by atoms with Crippen LogP contribution < -0.4 is 10.2 Å². The summed E-state index contributed by atoms with van der Waals surface area (Å²) in [5, 5.41) is 2.57. The van der Waals surface area contributed by atoms with Crippen molar-refractivity contribution in [1.29, 1.82) is 0 Å². The third kappa shape index (κ3) is 6.58. The van der Waals surface area contributed by atoms with Gasteiger partial charge >= 0.3 is 6.09 Å². The highest BCUT2D eigenvalue weighted by Gasteiger charge is 2.15. The van der Waals surface area contributed by atoms with Crippen LogP contribution in [0.5, 0.6) is 0 Å². The second-order valence-electron chi connectivity index (χ2n) is 5.08. The van der Waals surface area contributed by atoms with Crippen molar-refractivity contribution in [3.8, 4) is 0 Å². The molecule has 0 bridgehead atoms. The number of ether oxygens (including phenoxy) is 1. The van der Waals surface area contributed by atoms with Crippen LogP contribution in [-0.4, -0.2) is 57.2 Å². The van der Waals surface area contributed by atoms with Crippen molar-refractivity contribution in [2.24, 2.45) is 0 Å². The molecule has 1 aromatic rings. The van der Waals surface area contributed by atoms with Crippen LogP contribution in [0, 0.1) is 0 Å². The second-order valence-corrected chi connectivity index (χ2v) is 5.08. The van der Waals surface area contributed by atoms with E-state index >= 15 is 0 Å². The molecule has 1 aromatic carbocycles. The Morgan fingerprint density at radius 1 is 1.14 bits per heavy atom. The predicted molar refractivity (Wildman–Crippen MR) is 87.0 cm³/mol. The number of hydrogen-bond donors (Lipinski definition) is 1. The molecule has 0 aliphatic heterocycles. The van der Waals surface area contributed by atoms with Gasteiger partial charge < -0.3 is 19.9 Å². The minimum absolute atomic E-state index is 0.0233. The van der Waals surface area contributed by atoms with Crippen LogP contribution in [-0.2, 0) is 9.53 Å². The van der Waals surface area contributed by atoms with Crippen molar-refractivity contribution >= 4 is 17.7 Å². The largest absolute Gasteiger partial charge is 0.450 e. The van der Waals surface area contributed by atoms with Crippen LogP contribution in [0.3, 0.4) is 0 Å². The summed E-state index contributed by atoms with van der Waals surface area (Å²) < 4.78 is 4.77. The van der Waals surface area contributed by atoms with Crippen LogP contribution in [0.2, 0.25) is 0 Å². The fourth-order valence-electron chi connectivity index (χ4n) is 1.89. The van der Waals surface area contributed by atoms with Crippen LogP contribution in [0.15, 0.2) is 30.3 Å². The first-order valence-corrected chi connectivity index (χ1v) is 7.45. The van der Waals surface area contributed by atoms with Gasteiger partial charge in [-0.05, 0) is 33.2 Å². The topological polar surface area (TPSA) is 61.9 Å². The average Bonchev–Trinajstić information content (AvgIpc) is 2.48. The second kappa shape index (κ2) is 9.78. The summed E-state index contributed by atoms with van der Waals surface area (Å²) in [6.07, 6.45) is -0.254. The lowest BCUT2D eigenvalue weighted by Crippen LogP contribution is -2.38. The highest BCUT2D eigenvalue weighted by molar-refractivity contribution is 5.93. The van der Waals surface area contributed by atoms with E-state index in [4.69, 9.17) is 4.74 Å². The van der Waals surface area contributed by atoms with Crippen LogP contribution in [0.1, 0.15) is 13.3 Å². The van der Waals surface area contributed by atoms with Crippen LogP contribution in [0.25, 0.3) is 0 Å². The Labute approximate surface area is 132 Å². The maximum atomic E-state index is 12.4. The van der Waals surface area contributed by atoms with E-state index in [2.05, 4.69) is 5.32 Å². The number of hydrogen-bond acceptors (Lipinski definition) is 4. The van der Waals surface area contributed by atoms with Gasteiger partial charge in [0.15, 0.2) is 0 Å². The summed E-state index contributed by atoms with van der Waals surface area (Å²) in [5.74, 6) is -0.0233. The van der Waals surface area contributed by atoms with Crippen LogP contribution in [0.4, 0.5) is 10.5 Å². The van der Waals surface area contributed by atoms with Gasteiger partial charge in [-0.2, -0.15) is 0 Å². The van der Waals surface area contributed by atoms with E-state index < -0.39 is 6.09 Å². The number of benzene rings is 1. The number of likely N-dealkylation sites (N-methyl/N-ethyl adjacent to an activating group) is 1. The molecule has 0 unspecified atom stereocenters. The average molecular weight is 307 g/mol. The van der Waals surface area contributed by atoms with Crippen molar-refractivity contribution in [2.75, 3.05) is 45.2 Å². The SMILES string of the molecule is CCOC(=O)NCCC(=O)N(CCN(C)C)c1ccccc1. The third-order valence-corrected chi connectivity index (χ3v) is 3.02. The van der Waals surface area contributed by atoms with Crippen molar-refractivity contribution < 1.29 is 14.3 Å². The fraction of sp³-hybridized carbons (Fsp3) is 0.500. The number of para-hydroxylation sites is 1. The molecule has 0 atom stereocenters. The van der Waals surface area contributed by atoms with Crippen molar-refractivity contribution in [2.45, 2.75) is 13.3 Å². The normalized spacial score (nSPS) is 10.4. The van der Waals surface area contributed by atoms with E-state index in [0.29, 0.717) is 13.2 Å². The van der Waals surface area contributed by atoms with E-state index in [1.54, 1.807) is 11.8 Å². The highest BCUT2D eigenvalue weighted by atomic mass is 16.5. The minimum atomic E-state index is -0.491. The molecule has 6 heteroatoms. The standard InChI is InChI=1S/C16H25N3O3/c1-4-22-16(21)17-11-10-15(20)19(13-12-18(2)3)14-8-6-5-7-9-14/h5-9H,4,10-13H2,1-3H3,(H,17,21). The zero-order valence-corrected chi connectivity index (χ0v) is 13.5. The monoisotopic (exact) mass is 307 g/mol. The van der Waals surface area contributed by atoms with Gasteiger partial charge in [0.25, 0.3) is 0 Å². The number of rotatable bonds is 8. The summed E-state index contributed by atoms with van der Waals surface area (Å²) in [5.41, 5.74) is 0.866. The molecule has 6 nitrogen and oxygen atoms in total. The molecular weight excluding hydrogens is 282 g/mol. The van der Waals surface area contributed by atoms with Gasteiger partial charge in [-0.15, -0.1) is 0 Å². The first kappa shape index (κ1) is 18.0. The molecule has 0 heterocycles. The molecule has 0 radical (unpaired) electrons. The van der Waals surface area contributed by atoms with E-state index in [9.17, 15) is 9.59 Å². The van der Waals surface area contributed by atoms with Crippen LogP contribution >= 0.6 is 0 Å². The summed E-state index contributed by atoms with van der Waals surface area (Å²) in [6, 6.07) is 9.54. The Balaban J connectivity index is 2.58. The lowest BCUT2D eigenvalue weighted by molar-refractivity contribution is -0.118. The van der Waals surface area contributed by atoms with Gasteiger partial charge in [0.05, 0.1) is 6.61 Å². The van der Waals surface area contributed by atoms with Gasteiger partial charge in [0, 0.05) is 31.7 Å². The Bertz CT molecular complexity index is 463. The molecule has 0 saturated carbocycles. The van der Waals surface area contributed by atoms with Gasteiger partial charge in [-0.1, -0.05) is 18.2 Å². The molecule has 0 fully saturated rings. The molecule has 1 N–H and O–H groups in total. The Hall–Kier alpha value is -2.08. The molecule has 122 valence electrons. The Morgan fingerprint density at radius 2 is 1.82 bits per heavy atom. The molecular formula is C16H25N3O3. The van der Waals surface area contributed by atoms with E-state index in [0.717, 1.165) is 12.2 Å². The number of nitrogens with one attached hydrogen (secondary N) is 1. The zero-order chi connectivity index (χ0) is 16.4. The van der Waals surface area contributed by atoms with Gasteiger partial charge in [-0.25, -0.2) is 4.79 Å². The van der Waals surface area contributed by atoms with Crippen molar-refractivity contribution in [3.05, 3.63) is 30.3 Å². The lowest BCUT2D eigenvalue weighted by Gasteiger charge is -2.24. The number of amides is 2. The van der Waals surface area contributed by atoms with E-state index in [-0.39, 0.29) is 18.9 Å². The molecule has 0 saturated heterocycles. The smallest absolute Gasteiger partial charge is 0.407 e. The van der Waals surface area contributed by atoms with Gasteiger partial charge in [0.2, 0.25) is 5.91 Å². The maximum absolute atomic E-state index is 12.4. The Morgan fingerprint density at radius 3 is 2.41 bits per heavy atom. The zero-order valence-electron chi connectivity index (χ0n) is 13.5. The summed E-state index contributed by atoms with van der Waals surface area (Å²) >= 11 is 0. The summed E-state index contributed by atoms with van der Waals surface area (Å²) in [4.78, 5) is 27.4. The lowest BCUT2D eigenvalue weighted by atomic mass is 10.2. The number of nitrogens with zero attached hydrogens (tertiary/aromatic N) is 2. The number of alkyl carbamates (subject to hydrolysis) is 1. The maximum Gasteiger partial charge on any atom is 0.407 e. The highest BCUT2D eigenvalue weighted by Crippen LogP contribution is 2.14. The quantitative estimate of drug-likeness (QED) is 0.794. The number of anilines is 1.